The van der Waals surface area contributed by atoms with Crippen LogP contribution in [0.5, 0.6) is 5.75 Å². The van der Waals surface area contributed by atoms with Gasteiger partial charge in [0.05, 0.1) is 12.4 Å². The molecule has 0 aliphatic heterocycles. The second-order valence-corrected chi connectivity index (χ2v) is 8.79. The van der Waals surface area contributed by atoms with Crippen LogP contribution in [0.25, 0.3) is 11.1 Å². The van der Waals surface area contributed by atoms with Crippen LogP contribution in [0, 0.1) is 0 Å². The van der Waals surface area contributed by atoms with E-state index in [1.54, 1.807) is 12.0 Å². The predicted octanol–water partition coefficient (Wildman–Crippen LogP) is 4.69. The van der Waals surface area contributed by atoms with Gasteiger partial charge in [-0.05, 0) is 25.5 Å². The smallest absolute Gasteiger partial charge is 0.233 e. The lowest BCUT2D eigenvalue weighted by Crippen LogP contribution is -2.33. The van der Waals surface area contributed by atoms with Crippen LogP contribution in [-0.2, 0) is 22.7 Å². The van der Waals surface area contributed by atoms with Crippen molar-refractivity contribution in [1.82, 2.24) is 19.7 Å². The highest BCUT2D eigenvalue weighted by molar-refractivity contribution is 7.99. The molecule has 0 aliphatic carbocycles. The highest BCUT2D eigenvalue weighted by Crippen LogP contribution is 2.30. The van der Waals surface area contributed by atoms with Crippen molar-refractivity contribution in [2.75, 3.05) is 32.6 Å². The summed E-state index contributed by atoms with van der Waals surface area (Å²) in [6.45, 7) is 10.3. The number of ether oxygens (including phenoxy) is 2. The maximum absolute atomic E-state index is 12.7. The van der Waals surface area contributed by atoms with E-state index in [0.717, 1.165) is 22.4 Å². The van der Waals surface area contributed by atoms with Crippen LogP contribution in [0.3, 0.4) is 0 Å². The van der Waals surface area contributed by atoms with E-state index in [1.807, 2.05) is 60.9 Å². The average molecular weight is 481 g/mol. The van der Waals surface area contributed by atoms with Gasteiger partial charge in [0.1, 0.15) is 12.4 Å². The third-order valence-electron chi connectivity index (χ3n) is 5.16. The molecule has 1 heterocycles. The molecule has 0 spiro atoms. The van der Waals surface area contributed by atoms with Gasteiger partial charge in [-0.3, -0.25) is 4.79 Å². The monoisotopic (exact) mass is 480 g/mol. The number of aromatic nitrogens is 3. The minimum atomic E-state index is 0.0476. The van der Waals surface area contributed by atoms with Crippen molar-refractivity contribution < 1.29 is 14.3 Å². The molecule has 0 aliphatic rings. The summed E-state index contributed by atoms with van der Waals surface area (Å²) in [7, 11) is 1.66. The largest absolute Gasteiger partial charge is 0.485 e. The van der Waals surface area contributed by atoms with Gasteiger partial charge in [-0.15, -0.1) is 10.2 Å². The lowest BCUT2D eigenvalue weighted by molar-refractivity contribution is -0.127. The number of thioether (sulfide) groups is 1. The molecule has 0 saturated heterocycles. The van der Waals surface area contributed by atoms with Gasteiger partial charge in [-0.2, -0.15) is 0 Å². The lowest BCUT2D eigenvalue weighted by Gasteiger charge is -2.20. The summed E-state index contributed by atoms with van der Waals surface area (Å²) in [5.74, 6) is 1.79. The number of likely N-dealkylation sites (N-methyl/N-ethyl adjacent to an activating group) is 1. The van der Waals surface area contributed by atoms with Gasteiger partial charge in [-0.1, -0.05) is 72.4 Å². The third-order valence-corrected chi connectivity index (χ3v) is 6.11. The number of carbonyl (C=O) groups excluding carboxylic acids is 1. The lowest BCUT2D eigenvalue weighted by atomic mass is 10.1. The van der Waals surface area contributed by atoms with E-state index in [1.165, 1.54) is 11.8 Å². The van der Waals surface area contributed by atoms with Gasteiger partial charge in [-0.25, -0.2) is 0 Å². The fourth-order valence-electron chi connectivity index (χ4n) is 3.45. The fourth-order valence-corrected chi connectivity index (χ4v) is 4.34. The van der Waals surface area contributed by atoms with E-state index < -0.39 is 0 Å². The average Bonchev–Trinajstić information content (AvgIpc) is 3.25. The molecule has 0 N–H and O–H groups in total. The predicted molar refractivity (Wildman–Crippen MR) is 136 cm³/mol. The number of hydrogen-bond acceptors (Lipinski definition) is 6. The molecule has 0 radical (unpaired) electrons. The van der Waals surface area contributed by atoms with Crippen molar-refractivity contribution in [2.45, 2.75) is 32.2 Å². The van der Waals surface area contributed by atoms with Gasteiger partial charge in [0, 0.05) is 32.3 Å². The zero-order valence-corrected chi connectivity index (χ0v) is 20.9. The van der Waals surface area contributed by atoms with Crippen molar-refractivity contribution in [3.63, 3.8) is 0 Å². The first-order valence-corrected chi connectivity index (χ1v) is 12.2. The van der Waals surface area contributed by atoms with E-state index >= 15 is 0 Å². The number of nitrogens with zero attached hydrogens (tertiary/aromatic N) is 4. The SMILES string of the molecule is C=C(C)CN(CC)C(=O)CSc1nnc(COc2ccccc2-c2ccccc2)n1CCOC. The summed E-state index contributed by atoms with van der Waals surface area (Å²) < 4.78 is 13.4. The number of hydrogen-bond donors (Lipinski definition) is 0. The summed E-state index contributed by atoms with van der Waals surface area (Å²) in [6, 6.07) is 18.1. The Bertz CT molecular complexity index is 1080. The summed E-state index contributed by atoms with van der Waals surface area (Å²) in [6.07, 6.45) is 0. The minimum Gasteiger partial charge on any atom is -0.485 e. The molecule has 34 heavy (non-hydrogen) atoms. The quantitative estimate of drug-likeness (QED) is 0.261. The number of para-hydroxylation sites is 1. The van der Waals surface area contributed by atoms with Crippen molar-refractivity contribution in [3.05, 3.63) is 72.6 Å². The zero-order chi connectivity index (χ0) is 24.3. The van der Waals surface area contributed by atoms with Crippen LogP contribution in [0.1, 0.15) is 19.7 Å². The standard InChI is InChI=1S/C26H32N4O3S/c1-5-29(17-20(2)3)25(31)19-34-26-28-27-24(30(26)15-16-32-4)18-33-23-14-10-9-13-22(23)21-11-7-6-8-12-21/h6-14H,2,5,15-19H2,1,3-4H3. The summed E-state index contributed by atoms with van der Waals surface area (Å²) in [5.41, 5.74) is 3.06. The second-order valence-electron chi connectivity index (χ2n) is 7.85. The first-order chi connectivity index (χ1) is 16.5. The molecule has 8 heteroatoms. The van der Waals surface area contributed by atoms with E-state index in [2.05, 4.69) is 28.9 Å². The van der Waals surface area contributed by atoms with Crippen LogP contribution in [0.2, 0.25) is 0 Å². The number of benzene rings is 2. The van der Waals surface area contributed by atoms with Crippen LogP contribution < -0.4 is 4.74 Å². The molecule has 2 aromatic carbocycles. The fraction of sp³-hybridized carbons (Fsp3) is 0.346. The Balaban J connectivity index is 1.72. The van der Waals surface area contributed by atoms with Crippen LogP contribution in [0.4, 0.5) is 0 Å². The van der Waals surface area contributed by atoms with Crippen LogP contribution in [-0.4, -0.2) is 58.1 Å². The first kappa shape index (κ1) is 25.5. The number of carbonyl (C=O) groups is 1. The number of rotatable bonds is 13. The van der Waals surface area contributed by atoms with Crippen molar-refractivity contribution in [1.29, 1.82) is 0 Å². The van der Waals surface area contributed by atoms with E-state index in [4.69, 9.17) is 9.47 Å². The van der Waals surface area contributed by atoms with Gasteiger partial charge in [0.25, 0.3) is 0 Å². The van der Waals surface area contributed by atoms with Gasteiger partial charge in [0.15, 0.2) is 11.0 Å². The van der Waals surface area contributed by atoms with E-state index in [-0.39, 0.29) is 18.3 Å². The maximum atomic E-state index is 12.7. The molecule has 180 valence electrons. The van der Waals surface area contributed by atoms with Gasteiger partial charge < -0.3 is 18.9 Å². The Morgan fingerprint density at radius 3 is 2.56 bits per heavy atom. The van der Waals surface area contributed by atoms with Crippen molar-refractivity contribution in [3.8, 4) is 16.9 Å². The van der Waals surface area contributed by atoms with Gasteiger partial charge in [0.2, 0.25) is 5.91 Å². The Kier molecular flexibility index (Phi) is 9.73. The normalized spacial score (nSPS) is 10.8. The molecule has 7 nitrogen and oxygen atoms in total. The van der Waals surface area contributed by atoms with E-state index in [9.17, 15) is 4.79 Å². The van der Waals surface area contributed by atoms with E-state index in [0.29, 0.717) is 37.2 Å². The van der Waals surface area contributed by atoms with Crippen LogP contribution >= 0.6 is 11.8 Å². The molecule has 0 saturated carbocycles. The maximum Gasteiger partial charge on any atom is 0.233 e. The van der Waals surface area contributed by atoms with Crippen molar-refractivity contribution >= 4 is 17.7 Å². The highest BCUT2D eigenvalue weighted by atomic mass is 32.2. The summed E-state index contributed by atoms with van der Waals surface area (Å²) in [4.78, 5) is 14.4. The highest BCUT2D eigenvalue weighted by Gasteiger charge is 2.18. The molecule has 3 aromatic rings. The molecule has 0 fully saturated rings. The number of methoxy groups -OCH3 is 1. The zero-order valence-electron chi connectivity index (χ0n) is 20.1. The van der Waals surface area contributed by atoms with Crippen LogP contribution in [0.15, 0.2) is 71.9 Å². The molecular weight excluding hydrogens is 448 g/mol. The Labute approximate surface area is 205 Å². The third kappa shape index (κ3) is 6.95. The summed E-state index contributed by atoms with van der Waals surface area (Å²) >= 11 is 1.38. The minimum absolute atomic E-state index is 0.0476. The number of amides is 1. The molecule has 0 bridgehead atoms. The molecule has 3 rings (SSSR count). The molecular formula is C26H32N4O3S. The topological polar surface area (TPSA) is 69.5 Å². The molecule has 1 aromatic heterocycles. The Morgan fingerprint density at radius 2 is 1.85 bits per heavy atom. The second kappa shape index (κ2) is 13.0. The molecule has 1 amide bonds. The Hall–Kier alpha value is -3.10. The van der Waals surface area contributed by atoms with Gasteiger partial charge >= 0.3 is 0 Å². The Morgan fingerprint density at radius 1 is 1.12 bits per heavy atom. The first-order valence-electron chi connectivity index (χ1n) is 11.3. The summed E-state index contributed by atoms with van der Waals surface area (Å²) in [5, 5.41) is 9.36. The molecule has 0 unspecified atom stereocenters. The van der Waals surface area contributed by atoms with Crippen molar-refractivity contribution in [2.24, 2.45) is 0 Å². The molecule has 0 atom stereocenters.